The number of carboxylic acids is 1. The van der Waals surface area contributed by atoms with Gasteiger partial charge in [0.15, 0.2) is 0 Å². The first-order chi connectivity index (χ1) is 14.6. The highest BCUT2D eigenvalue weighted by molar-refractivity contribution is 5.66. The lowest BCUT2D eigenvalue weighted by atomic mass is 9.41. The Bertz CT molecular complexity index is 664. The van der Waals surface area contributed by atoms with E-state index in [1.54, 1.807) is 0 Å². The van der Waals surface area contributed by atoms with E-state index in [4.69, 9.17) is 5.11 Å². The molecule has 0 spiro atoms. The first-order valence-corrected chi connectivity index (χ1v) is 13.2. The van der Waals surface area contributed by atoms with Crippen molar-refractivity contribution >= 4 is 5.97 Å². The van der Waals surface area contributed by atoms with Crippen molar-refractivity contribution in [3.63, 3.8) is 0 Å². The number of fused-ring (bicyclic) bond motifs is 5. The molecule has 4 saturated carbocycles. The van der Waals surface area contributed by atoms with Crippen LogP contribution in [0, 0.1) is 52.3 Å². The van der Waals surface area contributed by atoms with Crippen LogP contribution in [0.2, 0.25) is 0 Å². The monoisotopic (exact) mass is 434 g/mol. The Kier molecular flexibility index (Phi) is 6.55. The number of hydrogen-bond donors (Lipinski definition) is 3. The minimum absolute atomic E-state index is 0.188. The predicted molar refractivity (Wildman–Crippen MR) is 122 cm³/mol. The lowest BCUT2D eigenvalue weighted by Crippen LogP contribution is -2.62. The van der Waals surface area contributed by atoms with Crippen LogP contribution < -0.4 is 0 Å². The highest BCUT2D eigenvalue weighted by Gasteiger charge is 2.64. The van der Waals surface area contributed by atoms with Gasteiger partial charge >= 0.3 is 5.97 Å². The second-order valence-electron chi connectivity index (χ2n) is 12.4. The van der Waals surface area contributed by atoms with Gasteiger partial charge in [0.05, 0.1) is 12.2 Å². The Morgan fingerprint density at radius 3 is 2.35 bits per heavy atom. The van der Waals surface area contributed by atoms with Gasteiger partial charge in [-0.2, -0.15) is 0 Å². The van der Waals surface area contributed by atoms with E-state index in [1.807, 2.05) is 0 Å². The van der Waals surface area contributed by atoms with Crippen LogP contribution in [0.5, 0.6) is 0 Å². The molecular weight excluding hydrogens is 388 g/mol. The van der Waals surface area contributed by atoms with E-state index in [0.29, 0.717) is 41.4 Å². The molecule has 0 aliphatic heterocycles. The maximum Gasteiger partial charge on any atom is 0.303 e. The molecule has 0 heterocycles. The van der Waals surface area contributed by atoms with Crippen LogP contribution in [0.25, 0.3) is 0 Å². The van der Waals surface area contributed by atoms with Gasteiger partial charge in [0.1, 0.15) is 0 Å². The fourth-order valence-electron chi connectivity index (χ4n) is 9.71. The zero-order valence-electron chi connectivity index (χ0n) is 20.2. The maximum atomic E-state index is 11.7. The molecule has 4 aliphatic carbocycles. The molecule has 4 fully saturated rings. The highest BCUT2D eigenvalue weighted by atomic mass is 16.4. The van der Waals surface area contributed by atoms with Gasteiger partial charge < -0.3 is 15.3 Å². The van der Waals surface area contributed by atoms with Crippen molar-refractivity contribution in [3.8, 4) is 0 Å². The number of rotatable bonds is 6. The number of aliphatic hydroxyl groups excluding tert-OH is 2. The van der Waals surface area contributed by atoms with Crippen molar-refractivity contribution in [2.24, 2.45) is 52.3 Å². The fraction of sp³-hybridized carbons (Fsp3) is 0.963. The lowest BCUT2D eigenvalue weighted by molar-refractivity contribution is -0.203. The Hall–Kier alpha value is -0.610. The number of carboxylic acid groups (broad SMARTS) is 1. The predicted octanol–water partition coefficient (Wildman–Crippen LogP) is 5.50. The largest absolute Gasteiger partial charge is 0.481 e. The molecule has 4 aliphatic rings. The van der Waals surface area contributed by atoms with E-state index in [1.165, 1.54) is 25.7 Å². The second-order valence-corrected chi connectivity index (χ2v) is 12.4. The summed E-state index contributed by atoms with van der Waals surface area (Å²) in [6.07, 6.45) is 10.5. The molecule has 0 aromatic carbocycles. The van der Waals surface area contributed by atoms with Crippen LogP contribution in [0.3, 0.4) is 0 Å². The van der Waals surface area contributed by atoms with Gasteiger partial charge in [-0.3, -0.25) is 4.79 Å². The Morgan fingerprint density at radius 1 is 1.00 bits per heavy atom. The molecule has 31 heavy (non-hydrogen) atoms. The minimum Gasteiger partial charge on any atom is -0.481 e. The molecule has 4 nitrogen and oxygen atoms in total. The average Bonchev–Trinajstić information content (AvgIpc) is 3.06. The summed E-state index contributed by atoms with van der Waals surface area (Å²) in [5, 5.41) is 31.2. The van der Waals surface area contributed by atoms with Crippen LogP contribution in [-0.2, 0) is 4.79 Å². The van der Waals surface area contributed by atoms with E-state index >= 15 is 0 Å². The Balaban J connectivity index is 1.57. The summed E-state index contributed by atoms with van der Waals surface area (Å²) in [7, 11) is 0. The maximum absolute atomic E-state index is 11.7. The Morgan fingerprint density at radius 2 is 1.68 bits per heavy atom. The summed E-state index contributed by atoms with van der Waals surface area (Å²) < 4.78 is 0. The van der Waals surface area contributed by atoms with Gasteiger partial charge in [-0.25, -0.2) is 0 Å². The molecule has 0 bridgehead atoms. The molecule has 0 radical (unpaired) electrons. The summed E-state index contributed by atoms with van der Waals surface area (Å²) in [4.78, 5) is 11.0. The molecule has 0 aromatic rings. The third-order valence-corrected chi connectivity index (χ3v) is 11.2. The van der Waals surface area contributed by atoms with Gasteiger partial charge in [-0.15, -0.1) is 0 Å². The van der Waals surface area contributed by atoms with Crippen LogP contribution >= 0.6 is 0 Å². The summed E-state index contributed by atoms with van der Waals surface area (Å²) in [6, 6.07) is 0. The Labute approximate surface area is 189 Å². The number of carbonyl (C=O) groups is 1. The molecule has 4 rings (SSSR count). The average molecular weight is 435 g/mol. The smallest absolute Gasteiger partial charge is 0.303 e. The standard InChI is InChI=1S/C27H46O4/c1-5-18-22-15-17(28)11-13-27(22,4)21-12-14-26(3)19(16(2)7-6-8-23(29)30)9-10-20(26)24(21)25(18)31/h16-22,24-25,28,31H,5-15H2,1-4H3,(H,29,30)/t16-,17-,18-,19-,20?,21?,22+,24?,25-,26-,27-/m1/s1. The number of aliphatic hydroxyl groups is 2. The van der Waals surface area contributed by atoms with Crippen LogP contribution in [0.1, 0.15) is 98.3 Å². The zero-order valence-corrected chi connectivity index (χ0v) is 20.2. The first-order valence-electron chi connectivity index (χ1n) is 13.2. The third kappa shape index (κ3) is 3.78. The number of aliphatic carboxylic acids is 1. The molecule has 0 aromatic heterocycles. The zero-order chi connectivity index (χ0) is 22.6. The SMILES string of the molecule is CC[C@H]1[C@@H](O)C2C3CC[C@H]([C@H](C)CCCC(=O)O)[C@@]3(C)CCC2[C@@]2(C)CC[C@@H](O)C[C@@H]12. The van der Waals surface area contributed by atoms with Crippen LogP contribution in [-0.4, -0.2) is 33.5 Å². The second kappa shape index (κ2) is 8.63. The number of hydrogen-bond acceptors (Lipinski definition) is 3. The summed E-state index contributed by atoms with van der Waals surface area (Å²) >= 11 is 0. The molecule has 4 heteroatoms. The van der Waals surface area contributed by atoms with Gasteiger partial charge in [0.2, 0.25) is 0 Å². The van der Waals surface area contributed by atoms with Crippen molar-refractivity contribution in [3.05, 3.63) is 0 Å². The van der Waals surface area contributed by atoms with E-state index in [2.05, 4.69) is 27.7 Å². The fourth-order valence-corrected chi connectivity index (χ4v) is 9.71. The lowest BCUT2D eigenvalue weighted by Gasteiger charge is -2.64. The van der Waals surface area contributed by atoms with Gasteiger partial charge in [0, 0.05) is 6.42 Å². The van der Waals surface area contributed by atoms with Crippen molar-refractivity contribution in [1.29, 1.82) is 0 Å². The van der Waals surface area contributed by atoms with Crippen LogP contribution in [0.4, 0.5) is 0 Å². The first kappa shape index (κ1) is 23.5. The molecule has 11 atom stereocenters. The highest BCUT2D eigenvalue weighted by Crippen LogP contribution is 2.69. The minimum atomic E-state index is -0.681. The van der Waals surface area contributed by atoms with E-state index in [9.17, 15) is 15.0 Å². The van der Waals surface area contributed by atoms with Gasteiger partial charge in [-0.1, -0.05) is 34.1 Å². The van der Waals surface area contributed by atoms with E-state index < -0.39 is 5.97 Å². The van der Waals surface area contributed by atoms with Gasteiger partial charge in [0.25, 0.3) is 0 Å². The quantitative estimate of drug-likeness (QED) is 0.515. The summed E-state index contributed by atoms with van der Waals surface area (Å²) in [5.41, 5.74) is 0.538. The molecular formula is C27H46O4. The topological polar surface area (TPSA) is 77.8 Å². The normalized spacial score (nSPS) is 50.3. The molecule has 3 unspecified atom stereocenters. The van der Waals surface area contributed by atoms with Crippen molar-refractivity contribution < 1.29 is 20.1 Å². The van der Waals surface area contributed by atoms with Gasteiger partial charge in [-0.05, 0) is 110 Å². The van der Waals surface area contributed by atoms with E-state index in [-0.39, 0.29) is 29.5 Å². The van der Waals surface area contributed by atoms with Crippen molar-refractivity contribution in [2.75, 3.05) is 0 Å². The summed E-state index contributed by atoms with van der Waals surface area (Å²) in [6.45, 7) is 9.59. The van der Waals surface area contributed by atoms with Crippen molar-refractivity contribution in [2.45, 2.75) is 111 Å². The van der Waals surface area contributed by atoms with Crippen LogP contribution in [0.15, 0.2) is 0 Å². The van der Waals surface area contributed by atoms with E-state index in [0.717, 1.165) is 38.5 Å². The summed E-state index contributed by atoms with van der Waals surface area (Å²) in [5.74, 6) is 2.87. The molecule has 0 saturated heterocycles. The molecule has 0 amide bonds. The third-order valence-electron chi connectivity index (χ3n) is 11.2. The molecule has 178 valence electrons. The molecule has 3 N–H and O–H groups in total. The van der Waals surface area contributed by atoms with Crippen molar-refractivity contribution in [1.82, 2.24) is 0 Å².